The lowest BCUT2D eigenvalue weighted by Gasteiger charge is -2.20. The molecule has 0 unspecified atom stereocenters. The van der Waals surface area contributed by atoms with Crippen LogP contribution >= 0.6 is 0 Å². The Morgan fingerprint density at radius 2 is 1.84 bits per heavy atom. The van der Waals surface area contributed by atoms with E-state index in [1.165, 1.54) is 12.1 Å². The smallest absolute Gasteiger partial charge is 0.257 e. The number of anilines is 1. The van der Waals surface area contributed by atoms with Gasteiger partial charge in [0.15, 0.2) is 6.61 Å². The largest absolute Gasteiger partial charge is 0.484 e. The van der Waals surface area contributed by atoms with E-state index in [4.69, 9.17) is 4.74 Å². The van der Waals surface area contributed by atoms with E-state index in [0.29, 0.717) is 12.3 Å². The van der Waals surface area contributed by atoms with Crippen LogP contribution in [0.1, 0.15) is 17.0 Å². The zero-order chi connectivity index (χ0) is 22.5. The van der Waals surface area contributed by atoms with Crippen molar-refractivity contribution < 1.29 is 13.9 Å². The Balaban J connectivity index is 1.52. The number of amides is 1. The predicted octanol–water partition coefficient (Wildman–Crippen LogP) is 4.70. The maximum Gasteiger partial charge on any atom is 0.257 e. The molecule has 4 aromatic rings. The average molecular weight is 432 g/mol. The number of aromatic amines is 1. The van der Waals surface area contributed by atoms with Gasteiger partial charge in [-0.3, -0.25) is 4.79 Å². The van der Waals surface area contributed by atoms with Crippen LogP contribution in [0.2, 0.25) is 0 Å². The van der Waals surface area contributed by atoms with Crippen LogP contribution in [-0.4, -0.2) is 38.1 Å². The van der Waals surface area contributed by atoms with Gasteiger partial charge in [-0.05, 0) is 41.5 Å². The molecule has 1 aromatic heterocycles. The molecule has 0 saturated heterocycles. The maximum atomic E-state index is 13.3. The molecule has 0 saturated carbocycles. The Hall–Kier alpha value is -3.80. The van der Waals surface area contributed by atoms with Crippen molar-refractivity contribution in [1.82, 2.24) is 10.3 Å². The number of rotatable bonds is 8. The number of hydrogen-bond acceptors (Lipinski definition) is 3. The second-order valence-electron chi connectivity index (χ2n) is 7.88. The molecule has 0 fully saturated rings. The summed E-state index contributed by atoms with van der Waals surface area (Å²) in [5, 5.41) is 4.10. The number of ether oxygens (including phenoxy) is 1. The molecule has 0 spiro atoms. The molecule has 0 aliphatic heterocycles. The Bertz CT molecular complexity index is 1200. The molecule has 0 aliphatic carbocycles. The highest BCUT2D eigenvalue weighted by Crippen LogP contribution is 2.31. The molecule has 164 valence electrons. The van der Waals surface area contributed by atoms with Crippen molar-refractivity contribution in [3.63, 3.8) is 0 Å². The third-order valence-corrected chi connectivity index (χ3v) is 5.48. The molecule has 1 heterocycles. The van der Waals surface area contributed by atoms with Gasteiger partial charge >= 0.3 is 0 Å². The van der Waals surface area contributed by atoms with E-state index in [2.05, 4.69) is 45.5 Å². The average Bonchev–Trinajstić information content (AvgIpc) is 3.22. The highest BCUT2D eigenvalue weighted by Gasteiger charge is 2.19. The number of carbonyl (C=O) groups excluding carboxylic acids is 1. The van der Waals surface area contributed by atoms with Crippen molar-refractivity contribution >= 4 is 22.5 Å². The lowest BCUT2D eigenvalue weighted by Crippen LogP contribution is -2.32. The zero-order valence-electron chi connectivity index (χ0n) is 18.1. The fourth-order valence-electron chi connectivity index (χ4n) is 3.77. The first-order valence-electron chi connectivity index (χ1n) is 10.5. The molecular weight excluding hydrogens is 405 g/mol. The minimum Gasteiger partial charge on any atom is -0.484 e. The first-order valence-corrected chi connectivity index (χ1v) is 10.5. The lowest BCUT2D eigenvalue weighted by molar-refractivity contribution is -0.123. The van der Waals surface area contributed by atoms with Crippen molar-refractivity contribution in [1.29, 1.82) is 0 Å². The van der Waals surface area contributed by atoms with Crippen molar-refractivity contribution in [3.05, 3.63) is 95.9 Å². The minimum atomic E-state index is -0.400. The second-order valence-corrected chi connectivity index (χ2v) is 7.88. The normalized spacial score (nSPS) is 11.8. The van der Waals surface area contributed by atoms with Crippen LogP contribution in [0.5, 0.6) is 5.75 Å². The number of H-pyrrole nitrogens is 1. The molecule has 32 heavy (non-hydrogen) atoms. The predicted molar refractivity (Wildman–Crippen MR) is 126 cm³/mol. The van der Waals surface area contributed by atoms with Crippen LogP contribution in [0.4, 0.5) is 10.1 Å². The number of para-hydroxylation sites is 1. The van der Waals surface area contributed by atoms with Crippen molar-refractivity contribution in [2.75, 3.05) is 32.1 Å². The van der Waals surface area contributed by atoms with Crippen molar-refractivity contribution in [3.8, 4) is 5.75 Å². The van der Waals surface area contributed by atoms with Crippen LogP contribution in [0.15, 0.2) is 79.0 Å². The second kappa shape index (κ2) is 9.56. The van der Waals surface area contributed by atoms with Crippen LogP contribution in [0.3, 0.4) is 0 Å². The maximum absolute atomic E-state index is 13.3. The summed E-state index contributed by atoms with van der Waals surface area (Å²) in [7, 11) is 4.01. The monoisotopic (exact) mass is 431 g/mol. The summed E-state index contributed by atoms with van der Waals surface area (Å²) >= 11 is 0. The standard InChI is InChI=1S/C26H26FN3O2/c1-30(2)20-12-10-18(11-13-20)23(24-16-28-25-9-4-3-8-22(24)25)15-29-26(31)17-32-21-7-5-6-19(27)14-21/h3-14,16,23,28H,15,17H2,1-2H3,(H,29,31)/t23-/m1/s1. The Labute approximate surface area is 186 Å². The van der Waals surface area contributed by atoms with Crippen LogP contribution < -0.4 is 15.0 Å². The third-order valence-electron chi connectivity index (χ3n) is 5.48. The van der Waals surface area contributed by atoms with E-state index in [-0.39, 0.29) is 18.4 Å². The quantitative estimate of drug-likeness (QED) is 0.425. The molecule has 0 radical (unpaired) electrons. The Morgan fingerprint density at radius 1 is 1.06 bits per heavy atom. The molecule has 0 bridgehead atoms. The van der Waals surface area contributed by atoms with Crippen molar-refractivity contribution in [2.45, 2.75) is 5.92 Å². The van der Waals surface area contributed by atoms with Crippen molar-refractivity contribution in [2.24, 2.45) is 0 Å². The molecule has 1 atom stereocenters. The molecule has 1 amide bonds. The highest BCUT2D eigenvalue weighted by atomic mass is 19.1. The molecular formula is C26H26FN3O2. The SMILES string of the molecule is CN(C)c1ccc([C@@H](CNC(=O)COc2cccc(F)c2)c2c[nH]c3ccccc23)cc1. The number of carbonyl (C=O) groups is 1. The first-order chi connectivity index (χ1) is 15.5. The van der Waals surface area contributed by atoms with Gasteiger partial charge in [-0.15, -0.1) is 0 Å². The first kappa shape index (κ1) is 21.4. The van der Waals surface area contributed by atoms with E-state index in [9.17, 15) is 9.18 Å². The van der Waals surface area contributed by atoms with Gasteiger partial charge in [0, 0.05) is 55.4 Å². The number of fused-ring (bicyclic) bond motifs is 1. The number of benzene rings is 3. The third kappa shape index (κ3) is 4.91. The topological polar surface area (TPSA) is 57.4 Å². The van der Waals surface area contributed by atoms with Crippen LogP contribution in [0.25, 0.3) is 10.9 Å². The molecule has 0 aliphatic rings. The minimum absolute atomic E-state index is 0.0412. The van der Waals surface area contributed by atoms with Gasteiger partial charge < -0.3 is 19.9 Å². The summed E-state index contributed by atoms with van der Waals surface area (Å²) in [6.45, 7) is 0.234. The number of halogens is 1. The van der Waals surface area contributed by atoms with E-state index < -0.39 is 5.82 Å². The van der Waals surface area contributed by atoms with Gasteiger partial charge in [-0.25, -0.2) is 4.39 Å². The van der Waals surface area contributed by atoms with E-state index in [0.717, 1.165) is 27.7 Å². The van der Waals surface area contributed by atoms with E-state index >= 15 is 0 Å². The summed E-state index contributed by atoms with van der Waals surface area (Å²) in [5.74, 6) is -0.374. The summed E-state index contributed by atoms with van der Waals surface area (Å²) in [4.78, 5) is 17.8. The van der Waals surface area contributed by atoms with E-state index in [1.807, 2.05) is 38.5 Å². The summed E-state index contributed by atoms with van der Waals surface area (Å²) in [6, 6.07) is 22.2. The summed E-state index contributed by atoms with van der Waals surface area (Å²) in [6.07, 6.45) is 2.00. The van der Waals surface area contributed by atoms with Crippen LogP contribution in [0, 0.1) is 5.82 Å². The van der Waals surface area contributed by atoms with Gasteiger partial charge in [-0.1, -0.05) is 36.4 Å². The summed E-state index contributed by atoms with van der Waals surface area (Å²) in [5.41, 5.74) is 4.38. The fraction of sp³-hybridized carbons (Fsp3) is 0.192. The van der Waals surface area contributed by atoms with Gasteiger partial charge in [-0.2, -0.15) is 0 Å². The Kier molecular flexibility index (Phi) is 6.40. The number of aromatic nitrogens is 1. The lowest BCUT2D eigenvalue weighted by atomic mass is 9.90. The molecule has 4 rings (SSSR count). The van der Waals surface area contributed by atoms with Gasteiger partial charge in [0.05, 0.1) is 0 Å². The number of nitrogens with zero attached hydrogens (tertiary/aromatic N) is 1. The fourth-order valence-corrected chi connectivity index (χ4v) is 3.77. The Morgan fingerprint density at radius 3 is 2.59 bits per heavy atom. The van der Waals surface area contributed by atoms with Gasteiger partial charge in [0.25, 0.3) is 5.91 Å². The van der Waals surface area contributed by atoms with Crippen LogP contribution in [-0.2, 0) is 4.79 Å². The highest BCUT2D eigenvalue weighted by molar-refractivity contribution is 5.84. The molecule has 6 heteroatoms. The number of nitrogens with one attached hydrogen (secondary N) is 2. The number of hydrogen-bond donors (Lipinski definition) is 2. The van der Waals surface area contributed by atoms with Gasteiger partial charge in [0.1, 0.15) is 11.6 Å². The zero-order valence-corrected chi connectivity index (χ0v) is 18.1. The van der Waals surface area contributed by atoms with E-state index in [1.54, 1.807) is 12.1 Å². The summed E-state index contributed by atoms with van der Waals surface area (Å²) < 4.78 is 18.7. The molecule has 2 N–H and O–H groups in total. The molecule has 3 aromatic carbocycles. The van der Waals surface area contributed by atoms with Gasteiger partial charge in [0.2, 0.25) is 0 Å². The molecule has 5 nitrogen and oxygen atoms in total.